The number of hydrogen-bond acceptors (Lipinski definition) is 0. The average Bonchev–Trinajstić information content (AvgIpc) is 3.68. The Bertz CT molecular complexity index is 1810. The van der Waals surface area contributed by atoms with Crippen molar-refractivity contribution in [2.75, 3.05) is 0 Å². The molecular weight excluding hydrogens is 659 g/mol. The fourth-order valence-corrected chi connectivity index (χ4v) is 7.34. The predicted molar refractivity (Wildman–Crippen MR) is 172 cm³/mol. The van der Waals surface area contributed by atoms with Gasteiger partial charge in [0.05, 0.1) is 0 Å². The van der Waals surface area contributed by atoms with Gasteiger partial charge in [-0.25, -0.2) is 0 Å². The van der Waals surface area contributed by atoms with Crippen molar-refractivity contribution >= 4 is 26.4 Å². The molecule has 3 aliphatic rings. The van der Waals surface area contributed by atoms with Crippen LogP contribution in [0.4, 0.5) is 0 Å². The molecule has 0 aromatic heterocycles. The third-order valence-corrected chi connectivity index (χ3v) is 9.03. The molecule has 5 aromatic carbocycles. The largest absolute Gasteiger partial charge is 3.00 e. The third-order valence-electron chi connectivity index (χ3n) is 9.03. The first-order valence-corrected chi connectivity index (χ1v) is 16.7. The smallest absolute Gasteiger partial charge is 1.00 e. The van der Waals surface area contributed by atoms with Crippen LogP contribution in [0.1, 0.15) is 58.7 Å². The summed E-state index contributed by atoms with van der Waals surface area (Å²) < 4.78 is 0. The minimum absolute atomic E-state index is 0. The molecule has 3 radical (unpaired) electrons. The van der Waals surface area contributed by atoms with Gasteiger partial charge in [0, 0.05) is 15.4 Å². The Morgan fingerprint density at radius 3 is 2.16 bits per heavy atom. The van der Waals surface area contributed by atoms with E-state index in [0.29, 0.717) is 5.92 Å². The van der Waals surface area contributed by atoms with Crippen molar-refractivity contribution in [2.24, 2.45) is 5.92 Å². The van der Waals surface area contributed by atoms with E-state index in [1.165, 1.54) is 90.4 Å². The monoisotopic (exact) mass is 691 g/mol. The van der Waals surface area contributed by atoms with Crippen molar-refractivity contribution < 1.29 is 51.0 Å². The Morgan fingerprint density at radius 2 is 1.40 bits per heavy atom. The van der Waals surface area contributed by atoms with Gasteiger partial charge in [0.1, 0.15) is 0 Å². The van der Waals surface area contributed by atoms with E-state index >= 15 is 0 Å². The van der Waals surface area contributed by atoms with Gasteiger partial charge in [0.15, 0.2) is 0 Å². The van der Waals surface area contributed by atoms with Crippen LogP contribution in [0.3, 0.4) is 0 Å². The summed E-state index contributed by atoms with van der Waals surface area (Å²) in [5.74, 6) is 0.724. The van der Waals surface area contributed by atoms with Crippen molar-refractivity contribution in [3.05, 3.63) is 136 Å². The fraction of sp³-hybridized carbons (Fsp3) is 0.231. The zero-order valence-electron chi connectivity index (χ0n) is 25.2. The van der Waals surface area contributed by atoms with Gasteiger partial charge in [-0.3, -0.25) is 0 Å². The number of halogens is 2. The predicted octanol–water partition coefficient (Wildman–Crippen LogP) is 3.95. The Labute approximate surface area is 291 Å². The second-order valence-electron chi connectivity index (χ2n) is 11.8. The molecule has 0 fully saturated rings. The molecule has 8 rings (SSSR count). The topological polar surface area (TPSA) is 0 Å². The minimum Gasteiger partial charge on any atom is -1.00 e. The number of rotatable bonds is 3. The van der Waals surface area contributed by atoms with Crippen molar-refractivity contribution in [2.45, 2.75) is 52.1 Å². The van der Waals surface area contributed by atoms with Gasteiger partial charge in [0.25, 0.3) is 0 Å². The number of fused-ring (bicyclic) bond motifs is 4. The molecule has 5 aromatic rings. The Hall–Kier alpha value is -2.22. The molecular formula is C39H35Cl2SiZr. The summed E-state index contributed by atoms with van der Waals surface area (Å²) in [5.41, 5.74) is 17.1. The number of aryl methyl sites for hydroxylation is 2. The van der Waals surface area contributed by atoms with E-state index < -0.39 is 0 Å². The van der Waals surface area contributed by atoms with Gasteiger partial charge in [-0.05, 0) is 80.5 Å². The summed E-state index contributed by atoms with van der Waals surface area (Å²) in [6.07, 6.45) is 5.85. The van der Waals surface area contributed by atoms with E-state index in [2.05, 4.69) is 124 Å². The van der Waals surface area contributed by atoms with Crippen molar-refractivity contribution in [1.29, 1.82) is 0 Å². The molecule has 0 spiro atoms. The van der Waals surface area contributed by atoms with Crippen molar-refractivity contribution in [3.8, 4) is 22.3 Å². The van der Waals surface area contributed by atoms with Crippen LogP contribution < -0.4 is 24.8 Å². The number of benzene rings is 5. The van der Waals surface area contributed by atoms with Crippen LogP contribution in [0.5, 0.6) is 0 Å². The molecule has 1 atom stereocenters. The second-order valence-corrected chi connectivity index (χ2v) is 12.8. The molecule has 4 heteroatoms. The molecule has 0 saturated carbocycles. The molecule has 213 valence electrons. The van der Waals surface area contributed by atoms with Gasteiger partial charge in [-0.2, -0.15) is 18.2 Å². The van der Waals surface area contributed by atoms with Gasteiger partial charge in [-0.1, -0.05) is 111 Å². The van der Waals surface area contributed by atoms with Crippen molar-refractivity contribution in [3.63, 3.8) is 0 Å². The normalized spacial score (nSPS) is 14.8. The molecule has 3 aliphatic carbocycles. The molecule has 0 amide bonds. The number of allylic oxidation sites excluding steroid dienone is 1. The van der Waals surface area contributed by atoms with E-state index in [1.807, 2.05) is 0 Å². The van der Waals surface area contributed by atoms with Crippen LogP contribution in [-0.2, 0) is 45.5 Å². The summed E-state index contributed by atoms with van der Waals surface area (Å²) in [6, 6.07) is 35.7. The first-order valence-electron chi connectivity index (χ1n) is 14.7. The van der Waals surface area contributed by atoms with Gasteiger partial charge < -0.3 is 24.8 Å². The van der Waals surface area contributed by atoms with E-state index in [0.717, 1.165) is 15.9 Å². The summed E-state index contributed by atoms with van der Waals surface area (Å²) in [5, 5.41) is 2.90. The van der Waals surface area contributed by atoms with Crippen LogP contribution in [0, 0.1) is 12.0 Å². The summed E-state index contributed by atoms with van der Waals surface area (Å²) >= 11 is 0. The van der Waals surface area contributed by atoms with Crippen LogP contribution in [0.2, 0.25) is 13.1 Å². The van der Waals surface area contributed by atoms with Crippen LogP contribution in [0.15, 0.2) is 90.5 Å². The zero-order valence-corrected chi connectivity index (χ0v) is 30.2. The van der Waals surface area contributed by atoms with E-state index in [9.17, 15) is 0 Å². The first-order chi connectivity index (χ1) is 19.6. The zero-order chi connectivity index (χ0) is 27.4. The summed E-state index contributed by atoms with van der Waals surface area (Å²) in [4.78, 5) is 0. The average molecular weight is 694 g/mol. The van der Waals surface area contributed by atoms with Gasteiger partial charge >= 0.3 is 26.2 Å². The molecule has 0 nitrogen and oxygen atoms in total. The van der Waals surface area contributed by atoms with E-state index in [4.69, 9.17) is 0 Å². The SMILES string of the molecule is CC(C)C1=Cc2c(-c3ccc4c5c(cccc35)CC4)cccc2C1c1[c-]ccc2c1Cc1ccccc1-2.C[Si]C.[Cl-].[Cl-].[Zr+3]. The Balaban J connectivity index is 0.000000679. The quantitative estimate of drug-likeness (QED) is 0.195. The Kier molecular flexibility index (Phi) is 10.8. The Morgan fingerprint density at radius 1 is 0.721 bits per heavy atom. The third kappa shape index (κ3) is 5.59. The molecule has 0 saturated heterocycles. The van der Waals surface area contributed by atoms with Crippen LogP contribution >= 0.6 is 0 Å². The van der Waals surface area contributed by atoms with Crippen LogP contribution in [0.25, 0.3) is 39.1 Å². The molecule has 0 N–H and O–H groups in total. The van der Waals surface area contributed by atoms with Crippen LogP contribution in [-0.4, -0.2) is 9.52 Å². The molecule has 1 unspecified atom stereocenters. The fourth-order valence-electron chi connectivity index (χ4n) is 7.34. The van der Waals surface area contributed by atoms with E-state index in [1.54, 1.807) is 0 Å². The first kappa shape index (κ1) is 33.7. The maximum absolute atomic E-state index is 3.74. The molecule has 0 bridgehead atoms. The number of hydrogen-bond donors (Lipinski definition) is 0. The second kappa shape index (κ2) is 13.8. The summed E-state index contributed by atoms with van der Waals surface area (Å²) in [6.45, 7) is 9.00. The standard InChI is InChI=1S/C37H29.C2H6Si.2ClH.Zr/c1-22(2)33-21-35-28(29-19-18-24-17-16-23-9-5-13-30(29)36(23)24)12-7-15-32(35)37(33)31-14-6-11-27-26-10-4-3-8-25(26)20-34(27)31;1-3-2;;;/h3-13,15,18-19,21-22,37H,16-17,20H2,1-2H3;1-2H3;2*1H;/q-1;;;;+3/p-2. The van der Waals surface area contributed by atoms with E-state index in [-0.39, 0.29) is 56.9 Å². The minimum atomic E-state index is 0. The van der Waals surface area contributed by atoms with Gasteiger partial charge in [0.2, 0.25) is 0 Å². The molecule has 43 heavy (non-hydrogen) atoms. The molecule has 0 aliphatic heterocycles. The molecule has 0 heterocycles. The maximum atomic E-state index is 3.74. The van der Waals surface area contributed by atoms with Gasteiger partial charge in [-0.15, -0.1) is 16.7 Å². The van der Waals surface area contributed by atoms with Crippen molar-refractivity contribution in [1.82, 2.24) is 0 Å². The maximum Gasteiger partial charge on any atom is 3.00 e. The summed E-state index contributed by atoms with van der Waals surface area (Å²) in [7, 11) is 1.08.